The van der Waals surface area contributed by atoms with Crippen LogP contribution in [-0.4, -0.2) is 11.5 Å². The standard InChI is InChI=1S/C14H17ClN2O2/c15-13-7-12(17(18)19)3-4-14(13)16-8-11-6-9-1-2-10(11)5-9/h3-4,7,9-11,16H,1-2,5-6,8H2. The van der Waals surface area contributed by atoms with Gasteiger partial charge >= 0.3 is 0 Å². The van der Waals surface area contributed by atoms with Crippen LogP contribution < -0.4 is 5.32 Å². The molecule has 1 aromatic rings. The second kappa shape index (κ2) is 5.00. The van der Waals surface area contributed by atoms with Crippen LogP contribution in [0.1, 0.15) is 25.7 Å². The smallest absolute Gasteiger partial charge is 0.271 e. The van der Waals surface area contributed by atoms with Gasteiger partial charge in [-0.05, 0) is 43.1 Å². The second-order valence-electron chi connectivity index (χ2n) is 5.74. The number of rotatable bonds is 4. The highest BCUT2D eigenvalue weighted by Crippen LogP contribution is 2.48. The van der Waals surface area contributed by atoms with Crippen molar-refractivity contribution in [2.45, 2.75) is 25.7 Å². The van der Waals surface area contributed by atoms with Gasteiger partial charge in [-0.1, -0.05) is 18.0 Å². The summed E-state index contributed by atoms with van der Waals surface area (Å²) < 4.78 is 0. The molecule has 0 saturated heterocycles. The third-order valence-corrected chi connectivity index (χ3v) is 4.92. The van der Waals surface area contributed by atoms with E-state index in [1.807, 2.05) is 0 Å². The molecule has 3 rings (SSSR count). The number of fused-ring (bicyclic) bond motifs is 2. The molecule has 0 amide bonds. The van der Waals surface area contributed by atoms with Gasteiger partial charge in [0.05, 0.1) is 15.6 Å². The van der Waals surface area contributed by atoms with E-state index in [9.17, 15) is 10.1 Å². The predicted octanol–water partition coefficient (Wildman–Crippen LogP) is 4.10. The van der Waals surface area contributed by atoms with E-state index in [-0.39, 0.29) is 5.69 Å². The van der Waals surface area contributed by atoms with Crippen molar-refractivity contribution in [1.29, 1.82) is 0 Å². The Morgan fingerprint density at radius 1 is 1.37 bits per heavy atom. The zero-order valence-corrected chi connectivity index (χ0v) is 11.4. The van der Waals surface area contributed by atoms with Crippen molar-refractivity contribution in [2.75, 3.05) is 11.9 Å². The number of nitrogens with zero attached hydrogens (tertiary/aromatic N) is 1. The van der Waals surface area contributed by atoms with Crippen LogP contribution in [0.4, 0.5) is 11.4 Å². The van der Waals surface area contributed by atoms with Gasteiger partial charge in [0.2, 0.25) is 0 Å². The predicted molar refractivity (Wildman–Crippen MR) is 75.5 cm³/mol. The van der Waals surface area contributed by atoms with Crippen LogP contribution in [0.5, 0.6) is 0 Å². The molecule has 2 aliphatic carbocycles. The Bertz CT molecular complexity index is 506. The number of hydrogen-bond donors (Lipinski definition) is 1. The van der Waals surface area contributed by atoms with Gasteiger partial charge in [0.15, 0.2) is 0 Å². The van der Waals surface area contributed by atoms with Gasteiger partial charge in [0.25, 0.3) is 5.69 Å². The molecule has 2 aliphatic rings. The van der Waals surface area contributed by atoms with Crippen molar-refractivity contribution in [2.24, 2.45) is 17.8 Å². The fourth-order valence-corrected chi connectivity index (χ4v) is 3.87. The number of hydrogen-bond acceptors (Lipinski definition) is 3. The first-order valence-electron chi connectivity index (χ1n) is 6.81. The van der Waals surface area contributed by atoms with Gasteiger partial charge in [-0.3, -0.25) is 10.1 Å². The molecule has 0 aliphatic heterocycles. The first kappa shape index (κ1) is 12.7. The zero-order valence-electron chi connectivity index (χ0n) is 10.6. The Balaban J connectivity index is 1.62. The number of nitro groups is 1. The van der Waals surface area contributed by atoms with Crippen LogP contribution >= 0.6 is 11.6 Å². The molecule has 2 fully saturated rings. The van der Waals surface area contributed by atoms with Gasteiger partial charge in [0, 0.05) is 18.7 Å². The summed E-state index contributed by atoms with van der Waals surface area (Å²) in [5.74, 6) is 2.54. The average Bonchev–Trinajstić information content (AvgIpc) is 2.99. The van der Waals surface area contributed by atoms with Crippen molar-refractivity contribution < 1.29 is 4.92 Å². The summed E-state index contributed by atoms with van der Waals surface area (Å²) in [5, 5.41) is 14.4. The Kier molecular flexibility index (Phi) is 3.35. The first-order valence-corrected chi connectivity index (χ1v) is 7.19. The summed E-state index contributed by atoms with van der Waals surface area (Å²) in [6.07, 6.45) is 5.48. The lowest BCUT2D eigenvalue weighted by atomic mass is 9.89. The summed E-state index contributed by atoms with van der Waals surface area (Å²) in [6, 6.07) is 4.60. The minimum absolute atomic E-state index is 0.0375. The second-order valence-corrected chi connectivity index (χ2v) is 6.14. The lowest BCUT2D eigenvalue weighted by Crippen LogP contribution is -2.20. The number of halogens is 1. The highest BCUT2D eigenvalue weighted by Gasteiger charge is 2.39. The molecule has 1 aromatic carbocycles. The number of nitrogens with one attached hydrogen (secondary N) is 1. The lowest BCUT2D eigenvalue weighted by Gasteiger charge is -2.22. The van der Waals surface area contributed by atoms with Gasteiger partial charge < -0.3 is 5.32 Å². The minimum Gasteiger partial charge on any atom is -0.384 e. The maximum absolute atomic E-state index is 10.6. The first-order chi connectivity index (χ1) is 9.13. The topological polar surface area (TPSA) is 55.2 Å². The van der Waals surface area contributed by atoms with Crippen molar-refractivity contribution in [3.8, 4) is 0 Å². The quantitative estimate of drug-likeness (QED) is 0.667. The molecular weight excluding hydrogens is 264 g/mol. The van der Waals surface area contributed by atoms with Gasteiger partial charge in [0.1, 0.15) is 0 Å². The van der Waals surface area contributed by atoms with Crippen LogP contribution in [0.2, 0.25) is 5.02 Å². The molecule has 0 heterocycles. The third kappa shape index (κ3) is 2.54. The molecule has 4 nitrogen and oxygen atoms in total. The van der Waals surface area contributed by atoms with E-state index < -0.39 is 4.92 Å². The lowest BCUT2D eigenvalue weighted by molar-refractivity contribution is -0.384. The molecule has 5 heteroatoms. The van der Waals surface area contributed by atoms with E-state index in [0.29, 0.717) is 5.02 Å². The van der Waals surface area contributed by atoms with Gasteiger partial charge in [-0.15, -0.1) is 0 Å². The third-order valence-electron chi connectivity index (χ3n) is 4.60. The minimum atomic E-state index is -0.425. The highest BCUT2D eigenvalue weighted by atomic mass is 35.5. The van der Waals surface area contributed by atoms with E-state index in [1.165, 1.54) is 37.8 Å². The maximum atomic E-state index is 10.6. The van der Waals surface area contributed by atoms with Crippen LogP contribution in [0.15, 0.2) is 18.2 Å². The Labute approximate surface area is 117 Å². The molecule has 19 heavy (non-hydrogen) atoms. The zero-order chi connectivity index (χ0) is 13.4. The summed E-state index contributed by atoms with van der Waals surface area (Å²) in [6.45, 7) is 0.929. The number of anilines is 1. The molecule has 102 valence electrons. The monoisotopic (exact) mass is 280 g/mol. The number of non-ortho nitro benzene ring substituents is 1. The Hall–Kier alpha value is -1.29. The van der Waals surface area contributed by atoms with Crippen LogP contribution in [0, 0.1) is 27.9 Å². The molecule has 1 N–H and O–H groups in total. The van der Waals surface area contributed by atoms with Crippen molar-refractivity contribution >= 4 is 23.0 Å². The average molecular weight is 281 g/mol. The molecule has 3 unspecified atom stereocenters. The summed E-state index contributed by atoms with van der Waals surface area (Å²) >= 11 is 6.07. The van der Waals surface area contributed by atoms with Gasteiger partial charge in [-0.25, -0.2) is 0 Å². The van der Waals surface area contributed by atoms with Crippen LogP contribution in [0.25, 0.3) is 0 Å². The molecule has 2 bridgehead atoms. The molecule has 0 spiro atoms. The van der Waals surface area contributed by atoms with Crippen molar-refractivity contribution in [1.82, 2.24) is 0 Å². The maximum Gasteiger partial charge on any atom is 0.271 e. The SMILES string of the molecule is O=[N+]([O-])c1ccc(NCC2CC3CCC2C3)c(Cl)c1. The molecule has 0 aromatic heterocycles. The van der Waals surface area contributed by atoms with E-state index in [2.05, 4.69) is 5.32 Å². The number of benzene rings is 1. The molecule has 0 radical (unpaired) electrons. The fraction of sp³-hybridized carbons (Fsp3) is 0.571. The van der Waals surface area contributed by atoms with E-state index in [0.717, 1.165) is 30.0 Å². The molecule has 2 saturated carbocycles. The van der Waals surface area contributed by atoms with Crippen LogP contribution in [-0.2, 0) is 0 Å². The summed E-state index contributed by atoms with van der Waals surface area (Å²) in [5.41, 5.74) is 0.838. The highest BCUT2D eigenvalue weighted by molar-refractivity contribution is 6.33. The largest absolute Gasteiger partial charge is 0.384 e. The summed E-state index contributed by atoms with van der Waals surface area (Å²) in [4.78, 5) is 10.2. The van der Waals surface area contributed by atoms with E-state index in [1.54, 1.807) is 6.07 Å². The van der Waals surface area contributed by atoms with E-state index in [4.69, 9.17) is 11.6 Å². The molecular formula is C14H17ClN2O2. The number of nitro benzene ring substituents is 1. The van der Waals surface area contributed by atoms with Gasteiger partial charge in [-0.2, -0.15) is 0 Å². The van der Waals surface area contributed by atoms with Crippen molar-refractivity contribution in [3.63, 3.8) is 0 Å². The Morgan fingerprint density at radius 3 is 2.79 bits per heavy atom. The van der Waals surface area contributed by atoms with Crippen LogP contribution in [0.3, 0.4) is 0 Å². The normalized spacial score (nSPS) is 28.6. The summed E-state index contributed by atoms with van der Waals surface area (Å²) in [7, 11) is 0. The molecule has 3 atom stereocenters. The Morgan fingerprint density at radius 2 is 2.21 bits per heavy atom. The van der Waals surface area contributed by atoms with Crippen molar-refractivity contribution in [3.05, 3.63) is 33.3 Å². The van der Waals surface area contributed by atoms with E-state index >= 15 is 0 Å². The fourth-order valence-electron chi connectivity index (χ4n) is 3.63.